The van der Waals surface area contributed by atoms with Crippen molar-refractivity contribution in [1.82, 2.24) is 9.99 Å². The highest BCUT2D eigenvalue weighted by Gasteiger charge is 2.19. The SMILES string of the molecule is Cc1cc(/C=C/C(=O)NNc2ccc(F)cc2)c(C)n1C1CCCCC1. The van der Waals surface area contributed by atoms with Gasteiger partial charge in [-0.3, -0.25) is 15.6 Å². The summed E-state index contributed by atoms with van der Waals surface area (Å²) in [4.78, 5) is 12.0. The van der Waals surface area contributed by atoms with Crippen molar-refractivity contribution < 1.29 is 9.18 Å². The number of nitrogens with one attached hydrogen (secondary N) is 2. The largest absolute Gasteiger partial charge is 0.346 e. The average molecular weight is 355 g/mol. The van der Waals surface area contributed by atoms with E-state index in [1.54, 1.807) is 12.1 Å². The van der Waals surface area contributed by atoms with E-state index < -0.39 is 0 Å². The molecular weight excluding hydrogens is 329 g/mol. The Morgan fingerprint density at radius 3 is 2.54 bits per heavy atom. The van der Waals surface area contributed by atoms with Crippen molar-refractivity contribution in [2.75, 3.05) is 5.43 Å². The fraction of sp³-hybridized carbons (Fsp3) is 0.381. The first kappa shape index (κ1) is 18.2. The van der Waals surface area contributed by atoms with Crippen LogP contribution in [0.5, 0.6) is 0 Å². The zero-order valence-corrected chi connectivity index (χ0v) is 15.4. The first-order valence-corrected chi connectivity index (χ1v) is 9.22. The van der Waals surface area contributed by atoms with Crippen molar-refractivity contribution in [3.8, 4) is 0 Å². The summed E-state index contributed by atoms with van der Waals surface area (Å²) < 4.78 is 15.3. The Bertz CT molecular complexity index is 786. The molecule has 0 unspecified atom stereocenters. The quantitative estimate of drug-likeness (QED) is 0.591. The van der Waals surface area contributed by atoms with Crippen LogP contribution >= 0.6 is 0 Å². The van der Waals surface area contributed by atoms with E-state index in [4.69, 9.17) is 0 Å². The maximum atomic E-state index is 12.9. The second-order valence-corrected chi connectivity index (χ2v) is 6.94. The Labute approximate surface area is 154 Å². The third kappa shape index (κ3) is 4.34. The fourth-order valence-electron chi connectivity index (χ4n) is 3.75. The van der Waals surface area contributed by atoms with Gasteiger partial charge in [-0.25, -0.2) is 4.39 Å². The molecule has 138 valence electrons. The van der Waals surface area contributed by atoms with Gasteiger partial charge >= 0.3 is 0 Å². The van der Waals surface area contributed by atoms with E-state index in [9.17, 15) is 9.18 Å². The Kier molecular flexibility index (Phi) is 5.76. The number of hydrazine groups is 1. The van der Waals surface area contributed by atoms with Crippen molar-refractivity contribution in [2.45, 2.75) is 52.0 Å². The molecule has 0 spiro atoms. The summed E-state index contributed by atoms with van der Waals surface area (Å²) in [5.41, 5.74) is 9.52. The van der Waals surface area contributed by atoms with E-state index in [2.05, 4.69) is 35.3 Å². The molecule has 1 saturated carbocycles. The fourth-order valence-corrected chi connectivity index (χ4v) is 3.75. The molecule has 0 saturated heterocycles. The molecule has 1 aromatic heterocycles. The third-order valence-electron chi connectivity index (χ3n) is 5.05. The van der Waals surface area contributed by atoms with E-state index >= 15 is 0 Å². The van der Waals surface area contributed by atoms with Gasteiger partial charge in [0.2, 0.25) is 0 Å². The van der Waals surface area contributed by atoms with Gasteiger partial charge in [-0.1, -0.05) is 19.3 Å². The van der Waals surface area contributed by atoms with Crippen molar-refractivity contribution in [3.63, 3.8) is 0 Å². The summed E-state index contributed by atoms with van der Waals surface area (Å²) in [6.07, 6.45) is 9.77. The molecule has 1 fully saturated rings. The van der Waals surface area contributed by atoms with Crippen LogP contribution in [0, 0.1) is 19.7 Å². The lowest BCUT2D eigenvalue weighted by atomic mass is 9.95. The van der Waals surface area contributed by atoms with Crippen LogP contribution in [0.25, 0.3) is 6.08 Å². The van der Waals surface area contributed by atoms with Crippen LogP contribution in [-0.2, 0) is 4.79 Å². The molecule has 1 heterocycles. The minimum Gasteiger partial charge on any atom is -0.346 e. The number of carbonyl (C=O) groups excluding carboxylic acids is 1. The van der Waals surface area contributed by atoms with Crippen LogP contribution in [0.3, 0.4) is 0 Å². The molecule has 2 N–H and O–H groups in total. The van der Waals surface area contributed by atoms with Gasteiger partial charge in [0.15, 0.2) is 0 Å². The number of hydrogen-bond donors (Lipinski definition) is 2. The highest BCUT2D eigenvalue weighted by Crippen LogP contribution is 2.32. The van der Waals surface area contributed by atoms with E-state index in [1.807, 2.05) is 6.08 Å². The minimum absolute atomic E-state index is 0.253. The maximum Gasteiger partial charge on any atom is 0.262 e. The van der Waals surface area contributed by atoms with E-state index in [0.29, 0.717) is 11.7 Å². The van der Waals surface area contributed by atoms with Gasteiger partial charge in [-0.15, -0.1) is 0 Å². The number of nitrogens with zero attached hydrogens (tertiary/aromatic N) is 1. The summed E-state index contributed by atoms with van der Waals surface area (Å²) in [7, 11) is 0. The number of rotatable bonds is 5. The Morgan fingerprint density at radius 2 is 1.85 bits per heavy atom. The number of aromatic nitrogens is 1. The van der Waals surface area contributed by atoms with Gasteiger partial charge < -0.3 is 4.57 Å². The van der Waals surface area contributed by atoms with Crippen molar-refractivity contribution >= 4 is 17.7 Å². The normalized spacial score (nSPS) is 15.3. The lowest BCUT2D eigenvalue weighted by Gasteiger charge is -2.26. The topological polar surface area (TPSA) is 46.1 Å². The molecule has 2 aromatic rings. The maximum absolute atomic E-state index is 12.9. The molecule has 1 aliphatic carbocycles. The predicted octanol–water partition coefficient (Wildman–Crippen LogP) is 4.91. The molecule has 4 nitrogen and oxygen atoms in total. The second-order valence-electron chi connectivity index (χ2n) is 6.94. The van der Waals surface area contributed by atoms with Gasteiger partial charge in [0, 0.05) is 23.5 Å². The molecular formula is C21H26FN3O. The number of halogens is 1. The predicted molar refractivity (Wildman–Crippen MR) is 103 cm³/mol. The summed E-state index contributed by atoms with van der Waals surface area (Å²) >= 11 is 0. The Hall–Kier alpha value is -2.56. The molecule has 5 heteroatoms. The average Bonchev–Trinajstić information content (AvgIpc) is 2.93. The monoisotopic (exact) mass is 355 g/mol. The van der Waals surface area contributed by atoms with E-state index in [1.165, 1.54) is 61.7 Å². The van der Waals surface area contributed by atoms with Crippen LogP contribution in [-0.4, -0.2) is 10.5 Å². The zero-order valence-electron chi connectivity index (χ0n) is 15.4. The lowest BCUT2D eigenvalue weighted by Crippen LogP contribution is -2.27. The lowest BCUT2D eigenvalue weighted by molar-refractivity contribution is -0.115. The van der Waals surface area contributed by atoms with Gasteiger partial charge in [-0.2, -0.15) is 0 Å². The van der Waals surface area contributed by atoms with Gasteiger partial charge in [0.1, 0.15) is 5.82 Å². The van der Waals surface area contributed by atoms with Crippen molar-refractivity contribution in [2.24, 2.45) is 0 Å². The Balaban J connectivity index is 1.62. The number of aryl methyl sites for hydroxylation is 1. The molecule has 0 radical (unpaired) electrons. The van der Waals surface area contributed by atoms with Crippen molar-refractivity contribution in [1.29, 1.82) is 0 Å². The highest BCUT2D eigenvalue weighted by atomic mass is 19.1. The molecule has 3 rings (SSSR count). The van der Waals surface area contributed by atoms with Crippen LogP contribution in [0.1, 0.15) is 55.1 Å². The van der Waals surface area contributed by atoms with Gasteiger partial charge in [0.25, 0.3) is 5.91 Å². The summed E-state index contributed by atoms with van der Waals surface area (Å²) in [6, 6.07) is 8.53. The number of carbonyl (C=O) groups is 1. The van der Waals surface area contributed by atoms with Gasteiger partial charge in [-0.05, 0) is 68.7 Å². The smallest absolute Gasteiger partial charge is 0.262 e. The second kappa shape index (κ2) is 8.21. The first-order valence-electron chi connectivity index (χ1n) is 9.22. The molecule has 1 amide bonds. The van der Waals surface area contributed by atoms with Crippen molar-refractivity contribution in [3.05, 3.63) is 59.2 Å². The first-order chi connectivity index (χ1) is 12.5. The molecule has 26 heavy (non-hydrogen) atoms. The number of amides is 1. The van der Waals surface area contributed by atoms with Crippen LogP contribution in [0.2, 0.25) is 0 Å². The third-order valence-corrected chi connectivity index (χ3v) is 5.05. The zero-order chi connectivity index (χ0) is 18.5. The van der Waals surface area contributed by atoms with Gasteiger partial charge in [0.05, 0.1) is 5.69 Å². The summed E-state index contributed by atoms with van der Waals surface area (Å²) in [5, 5.41) is 0. The molecule has 1 aromatic carbocycles. The molecule has 1 aliphatic rings. The van der Waals surface area contributed by atoms with E-state index in [0.717, 1.165) is 5.56 Å². The highest BCUT2D eigenvalue weighted by molar-refractivity contribution is 5.92. The minimum atomic E-state index is -0.310. The summed E-state index contributed by atoms with van der Waals surface area (Å²) in [6.45, 7) is 4.26. The van der Waals surface area contributed by atoms with Crippen LogP contribution in [0.4, 0.5) is 10.1 Å². The molecule has 0 atom stereocenters. The standard InChI is InChI=1S/C21H26FN3O/c1-15-14-17(16(2)25(15)20-6-4-3-5-7-20)8-13-21(26)24-23-19-11-9-18(22)10-12-19/h8-14,20,23H,3-7H2,1-2H3,(H,24,26)/b13-8+. The molecule has 0 bridgehead atoms. The van der Waals surface area contributed by atoms with Crippen LogP contribution in [0.15, 0.2) is 36.4 Å². The number of benzene rings is 1. The van der Waals surface area contributed by atoms with Crippen LogP contribution < -0.4 is 10.9 Å². The Morgan fingerprint density at radius 1 is 1.15 bits per heavy atom. The summed E-state index contributed by atoms with van der Waals surface area (Å²) in [5.74, 6) is -0.563. The number of hydrogen-bond acceptors (Lipinski definition) is 2. The molecule has 0 aliphatic heterocycles. The van der Waals surface area contributed by atoms with E-state index in [-0.39, 0.29) is 11.7 Å². The number of anilines is 1.